The summed E-state index contributed by atoms with van der Waals surface area (Å²) in [5.41, 5.74) is 2.93. The number of carbonyl (C=O) groups excluding carboxylic acids is 1. The summed E-state index contributed by atoms with van der Waals surface area (Å²) in [6, 6.07) is 13.3. The molecule has 0 fully saturated rings. The van der Waals surface area contributed by atoms with Gasteiger partial charge in [0, 0.05) is 10.2 Å². The van der Waals surface area contributed by atoms with Crippen molar-refractivity contribution >= 4 is 27.5 Å². The maximum Gasteiger partial charge on any atom is 0.265 e. The predicted octanol–water partition coefficient (Wildman–Crippen LogP) is 4.47. The van der Waals surface area contributed by atoms with E-state index in [4.69, 9.17) is 4.74 Å². The molecule has 1 amide bonds. The summed E-state index contributed by atoms with van der Waals surface area (Å²) in [5, 5.41) is 2.86. The van der Waals surface area contributed by atoms with Crippen LogP contribution in [0.5, 0.6) is 5.75 Å². The fraction of sp³-hybridized carbons (Fsp3) is 0.235. The molecular weight excluding hydrogens is 330 g/mol. The second-order valence-electron chi connectivity index (χ2n) is 5.03. The molecule has 110 valence electrons. The van der Waals surface area contributed by atoms with Gasteiger partial charge >= 0.3 is 0 Å². The van der Waals surface area contributed by atoms with Crippen LogP contribution in [-0.2, 0) is 4.79 Å². The molecule has 0 saturated carbocycles. The second kappa shape index (κ2) is 6.76. The Balaban J connectivity index is 2.00. The lowest BCUT2D eigenvalue weighted by Gasteiger charge is -2.15. The molecule has 0 heterocycles. The third-order valence-electron chi connectivity index (χ3n) is 3.10. The molecule has 0 aromatic heterocycles. The highest BCUT2D eigenvalue weighted by Crippen LogP contribution is 2.20. The van der Waals surface area contributed by atoms with E-state index in [0.717, 1.165) is 21.3 Å². The van der Waals surface area contributed by atoms with Crippen LogP contribution in [0.4, 0.5) is 5.69 Å². The Kier molecular flexibility index (Phi) is 5.02. The number of hydrogen-bond donors (Lipinski definition) is 1. The van der Waals surface area contributed by atoms with E-state index in [-0.39, 0.29) is 5.91 Å². The molecule has 1 atom stereocenters. The van der Waals surface area contributed by atoms with Crippen molar-refractivity contribution in [3.8, 4) is 5.75 Å². The molecule has 2 aromatic carbocycles. The quantitative estimate of drug-likeness (QED) is 0.885. The summed E-state index contributed by atoms with van der Waals surface area (Å²) in [6.07, 6.45) is -0.559. The van der Waals surface area contributed by atoms with Crippen LogP contribution in [0, 0.1) is 13.8 Å². The SMILES string of the molecule is Cc1cccc(O[C@@H](C)C(=O)Nc2ccc(Br)c(C)c2)c1. The van der Waals surface area contributed by atoms with Crippen molar-refractivity contribution in [2.45, 2.75) is 26.9 Å². The summed E-state index contributed by atoms with van der Waals surface area (Å²) >= 11 is 3.44. The number of amides is 1. The summed E-state index contributed by atoms with van der Waals surface area (Å²) in [5.74, 6) is 0.530. The molecule has 3 nitrogen and oxygen atoms in total. The molecule has 2 aromatic rings. The number of anilines is 1. The fourth-order valence-electron chi connectivity index (χ4n) is 1.91. The maximum absolute atomic E-state index is 12.2. The Morgan fingerprint density at radius 3 is 2.62 bits per heavy atom. The lowest BCUT2D eigenvalue weighted by molar-refractivity contribution is -0.122. The van der Waals surface area contributed by atoms with E-state index in [1.165, 1.54) is 0 Å². The minimum absolute atomic E-state index is 0.168. The molecule has 1 N–H and O–H groups in total. The van der Waals surface area contributed by atoms with Crippen LogP contribution in [-0.4, -0.2) is 12.0 Å². The van der Waals surface area contributed by atoms with Crippen molar-refractivity contribution in [2.75, 3.05) is 5.32 Å². The van der Waals surface area contributed by atoms with E-state index in [0.29, 0.717) is 5.75 Å². The first-order valence-electron chi connectivity index (χ1n) is 6.76. The Bertz CT molecular complexity index is 655. The minimum atomic E-state index is -0.559. The number of benzene rings is 2. The average molecular weight is 348 g/mol. The molecule has 2 rings (SSSR count). The molecule has 0 saturated heterocycles. The summed E-state index contributed by atoms with van der Waals surface area (Å²) in [4.78, 5) is 12.2. The summed E-state index contributed by atoms with van der Waals surface area (Å²) < 4.78 is 6.68. The molecule has 0 aliphatic carbocycles. The first-order valence-corrected chi connectivity index (χ1v) is 7.55. The Morgan fingerprint density at radius 2 is 1.95 bits per heavy atom. The van der Waals surface area contributed by atoms with Gasteiger partial charge in [-0.05, 0) is 62.2 Å². The first kappa shape index (κ1) is 15.6. The molecule has 0 spiro atoms. The van der Waals surface area contributed by atoms with E-state index in [1.807, 2.05) is 56.3 Å². The van der Waals surface area contributed by atoms with Gasteiger partial charge in [0.25, 0.3) is 5.91 Å². The van der Waals surface area contributed by atoms with Crippen LogP contribution in [0.25, 0.3) is 0 Å². The van der Waals surface area contributed by atoms with Crippen molar-refractivity contribution in [1.82, 2.24) is 0 Å². The van der Waals surface area contributed by atoms with E-state index < -0.39 is 6.10 Å². The van der Waals surface area contributed by atoms with E-state index >= 15 is 0 Å². The number of halogens is 1. The van der Waals surface area contributed by atoms with Crippen molar-refractivity contribution in [2.24, 2.45) is 0 Å². The highest BCUT2D eigenvalue weighted by Gasteiger charge is 2.15. The lowest BCUT2D eigenvalue weighted by atomic mass is 10.2. The number of aryl methyl sites for hydroxylation is 2. The third kappa shape index (κ3) is 4.33. The number of rotatable bonds is 4. The molecule has 21 heavy (non-hydrogen) atoms. The van der Waals surface area contributed by atoms with Crippen LogP contribution < -0.4 is 10.1 Å². The van der Waals surface area contributed by atoms with Gasteiger partial charge in [-0.2, -0.15) is 0 Å². The zero-order chi connectivity index (χ0) is 15.4. The Hall–Kier alpha value is -1.81. The van der Waals surface area contributed by atoms with E-state index in [9.17, 15) is 4.79 Å². The smallest absolute Gasteiger partial charge is 0.265 e. The van der Waals surface area contributed by atoms with Crippen LogP contribution in [0.3, 0.4) is 0 Å². The Labute approximate surface area is 133 Å². The number of ether oxygens (including phenoxy) is 1. The van der Waals surface area contributed by atoms with Crippen LogP contribution in [0.2, 0.25) is 0 Å². The summed E-state index contributed by atoms with van der Waals surface area (Å²) in [6.45, 7) is 5.71. The van der Waals surface area contributed by atoms with Gasteiger partial charge in [-0.15, -0.1) is 0 Å². The molecule has 0 aliphatic heterocycles. The minimum Gasteiger partial charge on any atom is -0.481 e. The van der Waals surface area contributed by atoms with Crippen molar-refractivity contribution < 1.29 is 9.53 Å². The van der Waals surface area contributed by atoms with Gasteiger partial charge in [-0.3, -0.25) is 4.79 Å². The lowest BCUT2D eigenvalue weighted by Crippen LogP contribution is -2.30. The predicted molar refractivity (Wildman–Crippen MR) is 88.8 cm³/mol. The summed E-state index contributed by atoms with van der Waals surface area (Å²) in [7, 11) is 0. The fourth-order valence-corrected chi connectivity index (χ4v) is 2.16. The molecule has 0 unspecified atom stereocenters. The molecule has 0 radical (unpaired) electrons. The molecule has 0 bridgehead atoms. The van der Waals surface area contributed by atoms with Gasteiger partial charge in [0.1, 0.15) is 5.75 Å². The molecule has 0 aliphatic rings. The highest BCUT2D eigenvalue weighted by atomic mass is 79.9. The second-order valence-corrected chi connectivity index (χ2v) is 5.88. The number of hydrogen-bond acceptors (Lipinski definition) is 2. The topological polar surface area (TPSA) is 38.3 Å². The average Bonchev–Trinajstić information content (AvgIpc) is 2.43. The first-order chi connectivity index (χ1) is 9.95. The van der Waals surface area contributed by atoms with Gasteiger partial charge in [-0.1, -0.05) is 28.1 Å². The van der Waals surface area contributed by atoms with Gasteiger partial charge in [-0.25, -0.2) is 0 Å². The normalized spacial score (nSPS) is 11.8. The van der Waals surface area contributed by atoms with E-state index in [2.05, 4.69) is 21.2 Å². The van der Waals surface area contributed by atoms with Crippen LogP contribution >= 0.6 is 15.9 Å². The zero-order valence-corrected chi connectivity index (χ0v) is 13.9. The van der Waals surface area contributed by atoms with Crippen molar-refractivity contribution in [1.29, 1.82) is 0 Å². The standard InChI is InChI=1S/C17H18BrNO2/c1-11-5-4-6-15(9-11)21-13(3)17(20)19-14-7-8-16(18)12(2)10-14/h4-10,13H,1-3H3,(H,19,20)/t13-/m0/s1. The van der Waals surface area contributed by atoms with Gasteiger partial charge in [0.05, 0.1) is 0 Å². The van der Waals surface area contributed by atoms with Gasteiger partial charge < -0.3 is 10.1 Å². The zero-order valence-electron chi connectivity index (χ0n) is 12.3. The van der Waals surface area contributed by atoms with Crippen LogP contribution in [0.1, 0.15) is 18.1 Å². The number of carbonyl (C=O) groups is 1. The number of nitrogens with one attached hydrogen (secondary N) is 1. The van der Waals surface area contributed by atoms with Gasteiger partial charge in [0.2, 0.25) is 0 Å². The third-order valence-corrected chi connectivity index (χ3v) is 3.99. The highest BCUT2D eigenvalue weighted by molar-refractivity contribution is 9.10. The van der Waals surface area contributed by atoms with E-state index in [1.54, 1.807) is 6.92 Å². The van der Waals surface area contributed by atoms with Crippen molar-refractivity contribution in [3.05, 3.63) is 58.1 Å². The monoisotopic (exact) mass is 347 g/mol. The van der Waals surface area contributed by atoms with Crippen molar-refractivity contribution in [3.63, 3.8) is 0 Å². The largest absolute Gasteiger partial charge is 0.481 e. The molecular formula is C17H18BrNO2. The molecule has 4 heteroatoms. The Morgan fingerprint density at radius 1 is 1.19 bits per heavy atom. The van der Waals surface area contributed by atoms with Gasteiger partial charge in [0.15, 0.2) is 6.10 Å². The van der Waals surface area contributed by atoms with Crippen LogP contribution in [0.15, 0.2) is 46.9 Å². The maximum atomic E-state index is 12.2.